The number of unbranched alkanes of at least 4 members (excludes halogenated alkanes) is 4. The fraction of sp³-hybridized carbons (Fsp3) is 0.500. The van der Waals surface area contributed by atoms with Gasteiger partial charge in [0, 0.05) is 5.69 Å². The highest BCUT2D eigenvalue weighted by Gasteiger charge is 2.13. The number of carbonyl (C=O) groups is 2. The first-order valence-corrected chi connectivity index (χ1v) is 7.43. The van der Waals surface area contributed by atoms with E-state index in [2.05, 4.69) is 17.0 Å². The summed E-state index contributed by atoms with van der Waals surface area (Å²) in [5.74, 6) is -0.882. The molecule has 1 aromatic rings. The summed E-state index contributed by atoms with van der Waals surface area (Å²) in [6, 6.07) is 4.13. The maximum absolute atomic E-state index is 11.6. The molecule has 0 aliphatic heterocycles. The summed E-state index contributed by atoms with van der Waals surface area (Å²) < 4.78 is 9.60. The van der Waals surface area contributed by atoms with Crippen molar-refractivity contribution in [1.29, 1.82) is 0 Å². The number of phenols is 1. The number of phenolic OH excluding ortho intramolecular Hbond substituents is 1. The van der Waals surface area contributed by atoms with Crippen LogP contribution in [0.1, 0.15) is 49.4 Å². The van der Waals surface area contributed by atoms with Crippen LogP contribution in [0.25, 0.3) is 0 Å². The number of carbonyl (C=O) groups excluding carboxylic acids is 2. The van der Waals surface area contributed by atoms with Crippen molar-refractivity contribution in [1.82, 2.24) is 0 Å². The molecule has 1 amide bonds. The van der Waals surface area contributed by atoms with Gasteiger partial charge in [0.15, 0.2) is 0 Å². The number of nitrogens with one attached hydrogen (secondary N) is 1. The van der Waals surface area contributed by atoms with Crippen LogP contribution in [0.15, 0.2) is 18.2 Å². The van der Waals surface area contributed by atoms with Crippen LogP contribution in [0.4, 0.5) is 10.5 Å². The second kappa shape index (κ2) is 9.65. The highest BCUT2D eigenvalue weighted by molar-refractivity contribution is 5.95. The summed E-state index contributed by atoms with van der Waals surface area (Å²) in [5, 5.41) is 12.1. The fourth-order valence-electron chi connectivity index (χ4n) is 1.91. The Morgan fingerprint density at radius 1 is 1.18 bits per heavy atom. The highest BCUT2D eigenvalue weighted by Crippen LogP contribution is 2.22. The molecule has 6 nitrogen and oxygen atoms in total. The van der Waals surface area contributed by atoms with Crippen molar-refractivity contribution in [2.24, 2.45) is 0 Å². The Morgan fingerprint density at radius 2 is 1.91 bits per heavy atom. The maximum atomic E-state index is 11.6. The van der Waals surface area contributed by atoms with E-state index in [1.807, 2.05) is 0 Å². The molecule has 22 heavy (non-hydrogen) atoms. The first-order chi connectivity index (χ1) is 10.6. The lowest BCUT2D eigenvalue weighted by molar-refractivity contribution is 0.0597. The van der Waals surface area contributed by atoms with Crippen LogP contribution in [0.5, 0.6) is 5.75 Å². The van der Waals surface area contributed by atoms with Gasteiger partial charge in [-0.05, 0) is 24.6 Å². The predicted octanol–water partition coefficient (Wildman–Crippen LogP) is 3.70. The van der Waals surface area contributed by atoms with Gasteiger partial charge in [0.2, 0.25) is 0 Å². The molecule has 0 saturated carbocycles. The zero-order chi connectivity index (χ0) is 16.4. The van der Waals surface area contributed by atoms with E-state index < -0.39 is 12.1 Å². The van der Waals surface area contributed by atoms with Crippen molar-refractivity contribution in [3.8, 4) is 5.75 Å². The van der Waals surface area contributed by atoms with Crippen molar-refractivity contribution in [3.05, 3.63) is 23.8 Å². The van der Waals surface area contributed by atoms with Gasteiger partial charge in [-0.2, -0.15) is 0 Å². The highest BCUT2D eigenvalue weighted by atomic mass is 16.5. The molecular formula is C16H23NO5. The first-order valence-electron chi connectivity index (χ1n) is 7.43. The smallest absolute Gasteiger partial charge is 0.411 e. The summed E-state index contributed by atoms with van der Waals surface area (Å²) in [6.45, 7) is 2.50. The normalized spacial score (nSPS) is 10.1. The molecule has 0 bridgehead atoms. The second-order valence-corrected chi connectivity index (χ2v) is 4.90. The van der Waals surface area contributed by atoms with Crippen molar-refractivity contribution < 1.29 is 24.2 Å². The number of rotatable bonds is 8. The van der Waals surface area contributed by atoms with Crippen LogP contribution in [-0.2, 0) is 9.47 Å². The van der Waals surface area contributed by atoms with Gasteiger partial charge in [-0.1, -0.05) is 32.6 Å². The van der Waals surface area contributed by atoms with Gasteiger partial charge in [0.25, 0.3) is 0 Å². The monoisotopic (exact) mass is 309 g/mol. The molecule has 0 aliphatic carbocycles. The quantitative estimate of drug-likeness (QED) is 0.434. The van der Waals surface area contributed by atoms with Crippen molar-refractivity contribution >= 4 is 17.7 Å². The van der Waals surface area contributed by atoms with Crippen molar-refractivity contribution in [2.45, 2.75) is 39.0 Å². The van der Waals surface area contributed by atoms with Gasteiger partial charge >= 0.3 is 12.1 Å². The molecule has 6 heteroatoms. The van der Waals surface area contributed by atoms with Gasteiger partial charge in [-0.15, -0.1) is 0 Å². The molecule has 0 aromatic heterocycles. The molecule has 0 spiro atoms. The third-order valence-corrected chi connectivity index (χ3v) is 3.13. The van der Waals surface area contributed by atoms with E-state index in [0.29, 0.717) is 12.3 Å². The molecule has 122 valence electrons. The molecule has 1 aromatic carbocycles. The molecule has 2 N–H and O–H groups in total. The summed E-state index contributed by atoms with van der Waals surface area (Å²) in [4.78, 5) is 23.1. The molecule has 0 saturated heterocycles. The van der Waals surface area contributed by atoms with E-state index in [1.165, 1.54) is 38.2 Å². The van der Waals surface area contributed by atoms with E-state index in [9.17, 15) is 14.7 Å². The molecule has 0 atom stereocenters. The first kappa shape index (κ1) is 17.8. The standard InChI is InChI=1S/C16H23NO5/c1-3-4-5-6-7-10-22-16(20)17-12-8-9-14(18)13(11-12)15(19)21-2/h8-9,11,18H,3-7,10H2,1-2H3,(H,17,20). The molecule has 0 unspecified atom stereocenters. The zero-order valence-electron chi connectivity index (χ0n) is 13.1. The topological polar surface area (TPSA) is 84.9 Å². The zero-order valence-corrected chi connectivity index (χ0v) is 13.1. The Kier molecular flexibility index (Phi) is 7.81. The van der Waals surface area contributed by atoms with Crippen LogP contribution < -0.4 is 5.32 Å². The summed E-state index contributed by atoms with van der Waals surface area (Å²) in [6.07, 6.45) is 4.78. The van der Waals surface area contributed by atoms with Gasteiger partial charge in [0.1, 0.15) is 11.3 Å². The lowest BCUT2D eigenvalue weighted by Gasteiger charge is -2.09. The lowest BCUT2D eigenvalue weighted by atomic mass is 10.2. The molecule has 0 fully saturated rings. The van der Waals surface area contributed by atoms with Crippen LogP contribution in [0.2, 0.25) is 0 Å². The molecule has 0 radical (unpaired) electrons. The van der Waals surface area contributed by atoms with Crippen molar-refractivity contribution in [2.75, 3.05) is 19.0 Å². The summed E-state index contributed by atoms with van der Waals surface area (Å²) >= 11 is 0. The second-order valence-electron chi connectivity index (χ2n) is 4.90. The number of methoxy groups -OCH3 is 1. The minimum Gasteiger partial charge on any atom is -0.507 e. The molecule has 0 aliphatic rings. The Hall–Kier alpha value is -2.24. The minimum absolute atomic E-state index is 0.0140. The van der Waals surface area contributed by atoms with Gasteiger partial charge in [0.05, 0.1) is 13.7 Å². The maximum Gasteiger partial charge on any atom is 0.411 e. The Balaban J connectivity index is 2.43. The number of ether oxygens (including phenoxy) is 2. The summed E-state index contributed by atoms with van der Waals surface area (Å²) in [5.41, 5.74) is 0.342. The Bertz CT molecular complexity index is 501. The lowest BCUT2D eigenvalue weighted by Crippen LogP contribution is -2.15. The minimum atomic E-state index is -0.676. The van der Waals surface area contributed by atoms with Crippen LogP contribution >= 0.6 is 0 Å². The number of anilines is 1. The SMILES string of the molecule is CCCCCCCOC(=O)Nc1ccc(O)c(C(=O)OC)c1. The van der Waals surface area contributed by atoms with Gasteiger partial charge in [-0.3, -0.25) is 5.32 Å². The van der Waals surface area contributed by atoms with E-state index in [0.717, 1.165) is 19.3 Å². The summed E-state index contributed by atoms with van der Waals surface area (Å²) in [7, 11) is 1.22. The Labute approximate surface area is 130 Å². The largest absolute Gasteiger partial charge is 0.507 e. The van der Waals surface area contributed by atoms with E-state index in [-0.39, 0.29) is 11.3 Å². The number of esters is 1. The van der Waals surface area contributed by atoms with Crippen LogP contribution in [0.3, 0.4) is 0 Å². The van der Waals surface area contributed by atoms with Crippen LogP contribution in [0, 0.1) is 0 Å². The Morgan fingerprint density at radius 3 is 2.59 bits per heavy atom. The van der Waals surface area contributed by atoms with E-state index in [4.69, 9.17) is 4.74 Å². The van der Waals surface area contributed by atoms with Gasteiger partial charge < -0.3 is 14.6 Å². The van der Waals surface area contributed by atoms with E-state index >= 15 is 0 Å². The molecule has 0 heterocycles. The molecular weight excluding hydrogens is 286 g/mol. The number of aromatic hydroxyl groups is 1. The number of hydrogen-bond acceptors (Lipinski definition) is 5. The number of benzene rings is 1. The average molecular weight is 309 g/mol. The fourth-order valence-corrected chi connectivity index (χ4v) is 1.91. The third-order valence-electron chi connectivity index (χ3n) is 3.13. The van der Waals surface area contributed by atoms with Crippen LogP contribution in [-0.4, -0.2) is 30.9 Å². The van der Waals surface area contributed by atoms with Gasteiger partial charge in [-0.25, -0.2) is 9.59 Å². The average Bonchev–Trinajstić information content (AvgIpc) is 2.52. The number of hydrogen-bond donors (Lipinski definition) is 2. The predicted molar refractivity (Wildman–Crippen MR) is 83.2 cm³/mol. The van der Waals surface area contributed by atoms with Crippen molar-refractivity contribution in [3.63, 3.8) is 0 Å². The molecule has 1 rings (SSSR count). The third kappa shape index (κ3) is 6.03. The van der Waals surface area contributed by atoms with E-state index in [1.54, 1.807) is 0 Å². The number of amides is 1.